The minimum atomic E-state index is -1.50. The second-order valence-electron chi connectivity index (χ2n) is 3.20. The molecule has 0 amide bonds. The van der Waals surface area contributed by atoms with Crippen molar-refractivity contribution in [3.05, 3.63) is 70.8 Å². The Kier molecular flexibility index (Phi) is 6.23. The molecule has 0 aliphatic rings. The van der Waals surface area contributed by atoms with Crippen molar-refractivity contribution < 1.29 is 10.3 Å². The van der Waals surface area contributed by atoms with Crippen molar-refractivity contribution in [3.63, 3.8) is 0 Å². The van der Waals surface area contributed by atoms with Gasteiger partial charge in [0.05, 0.1) is 0 Å². The van der Waals surface area contributed by atoms with Crippen LogP contribution in [0, 0.1) is 10.1 Å². The molecule has 0 spiro atoms. The summed E-state index contributed by atoms with van der Waals surface area (Å²) in [4.78, 5) is 8.36. The summed E-state index contributed by atoms with van der Waals surface area (Å²) in [6, 6.07) is 21.7. The summed E-state index contributed by atoms with van der Waals surface area (Å²) in [7, 11) is 0. The first-order valence-corrected chi connectivity index (χ1v) is 9.45. The fourth-order valence-corrected chi connectivity index (χ4v) is 6.01. The van der Waals surface area contributed by atoms with E-state index in [1.807, 2.05) is 0 Å². The molecule has 0 unspecified atom stereocenters. The van der Waals surface area contributed by atoms with Gasteiger partial charge in [-0.3, -0.25) is 0 Å². The van der Waals surface area contributed by atoms with E-state index in [9.17, 15) is 0 Å². The van der Waals surface area contributed by atoms with Gasteiger partial charge in [-0.2, -0.15) is 0 Å². The van der Waals surface area contributed by atoms with E-state index in [-0.39, 0.29) is 0 Å². The molecular formula is C12H11NO3Tl. The second kappa shape index (κ2) is 7.77. The average molecular weight is 422 g/mol. The van der Waals surface area contributed by atoms with Crippen molar-refractivity contribution in [1.29, 1.82) is 0 Å². The Balaban J connectivity index is 0.000000317. The molecule has 0 saturated carbocycles. The predicted octanol–water partition coefficient (Wildman–Crippen LogP) is 0.994. The van der Waals surface area contributed by atoms with Gasteiger partial charge in [-0.1, -0.05) is 0 Å². The molecule has 0 saturated heterocycles. The Morgan fingerprint density at radius 1 is 0.882 bits per heavy atom. The predicted molar refractivity (Wildman–Crippen MR) is 66.7 cm³/mol. The molecule has 0 aliphatic carbocycles. The summed E-state index contributed by atoms with van der Waals surface area (Å²) in [6.45, 7) is 0. The standard InChI is InChI=1S/2C6H5.HNO3.Tl/c2*1-2-4-6-5-3-1;2-1(3)4;/h2*1-5H;(H,2,3,4);. The number of hydrogen-bond donors (Lipinski definition) is 1. The van der Waals surface area contributed by atoms with Crippen molar-refractivity contribution in [1.82, 2.24) is 0 Å². The summed E-state index contributed by atoms with van der Waals surface area (Å²) in [5.74, 6) is 0. The Labute approximate surface area is 111 Å². The van der Waals surface area contributed by atoms with Crippen LogP contribution in [0.15, 0.2) is 60.7 Å². The van der Waals surface area contributed by atoms with Gasteiger partial charge in [0.1, 0.15) is 0 Å². The maximum absolute atomic E-state index is 8.36. The molecule has 2 aromatic rings. The summed E-state index contributed by atoms with van der Waals surface area (Å²) in [5.41, 5.74) is 0. The van der Waals surface area contributed by atoms with Crippen LogP contribution in [0.5, 0.6) is 0 Å². The summed E-state index contributed by atoms with van der Waals surface area (Å²) >= 11 is -0.866. The fraction of sp³-hybridized carbons (Fsp3) is 0. The van der Waals surface area contributed by atoms with E-state index in [0.29, 0.717) is 0 Å². The van der Waals surface area contributed by atoms with Crippen LogP contribution < -0.4 is 6.25 Å². The molecule has 0 radical (unpaired) electrons. The molecule has 17 heavy (non-hydrogen) atoms. The molecule has 85 valence electrons. The molecule has 2 aromatic carbocycles. The van der Waals surface area contributed by atoms with Crippen LogP contribution in [-0.2, 0) is 0 Å². The van der Waals surface area contributed by atoms with Crippen LogP contribution >= 0.6 is 0 Å². The van der Waals surface area contributed by atoms with E-state index in [1.165, 1.54) is 0 Å². The zero-order chi connectivity index (χ0) is 12.5. The number of rotatable bonds is 2. The molecule has 1 N–H and O–H groups in total. The molecule has 0 aromatic heterocycles. The molecule has 0 aliphatic heterocycles. The van der Waals surface area contributed by atoms with E-state index >= 15 is 0 Å². The third-order valence-corrected chi connectivity index (χ3v) is 7.52. The Morgan fingerprint density at radius 2 is 1.18 bits per heavy atom. The van der Waals surface area contributed by atoms with E-state index < -0.39 is 29.3 Å². The molecule has 5 heteroatoms. The number of nitrogens with zero attached hydrogens (tertiary/aromatic N) is 1. The van der Waals surface area contributed by atoms with E-state index in [4.69, 9.17) is 15.3 Å². The Morgan fingerprint density at radius 3 is 1.47 bits per heavy atom. The molecule has 2 rings (SSSR count). The van der Waals surface area contributed by atoms with Crippen LogP contribution in [0.3, 0.4) is 0 Å². The van der Waals surface area contributed by atoms with E-state index in [0.717, 1.165) is 0 Å². The number of benzene rings is 2. The van der Waals surface area contributed by atoms with Gasteiger partial charge in [0, 0.05) is 0 Å². The number of hydrogen-bond acceptors (Lipinski definition) is 2. The van der Waals surface area contributed by atoms with Crippen molar-refractivity contribution in [2.24, 2.45) is 0 Å². The minimum absolute atomic E-state index is 0.866. The van der Waals surface area contributed by atoms with Crippen molar-refractivity contribution >= 4 is 30.5 Å². The monoisotopic (exact) mass is 422 g/mol. The van der Waals surface area contributed by atoms with Gasteiger partial charge >= 0.3 is 91.1 Å². The quantitative estimate of drug-likeness (QED) is 0.447. The fourth-order valence-electron chi connectivity index (χ4n) is 1.29. The van der Waals surface area contributed by atoms with Gasteiger partial charge in [0.15, 0.2) is 0 Å². The van der Waals surface area contributed by atoms with Gasteiger partial charge in [0.25, 0.3) is 5.09 Å². The normalized spacial score (nSPS) is 8.47. The zero-order valence-electron chi connectivity index (χ0n) is 9.06. The molecule has 0 bridgehead atoms. The summed E-state index contributed by atoms with van der Waals surface area (Å²) in [6.07, 6.45) is 0. The molecule has 4 nitrogen and oxygen atoms in total. The third kappa shape index (κ3) is 6.67. The van der Waals surface area contributed by atoms with Gasteiger partial charge in [-0.15, -0.1) is 10.1 Å². The summed E-state index contributed by atoms with van der Waals surface area (Å²) in [5, 5.41) is 13.6. The van der Waals surface area contributed by atoms with Crippen LogP contribution in [0.2, 0.25) is 0 Å². The topological polar surface area (TPSA) is 63.4 Å². The Hall–Kier alpha value is -1.44. The first kappa shape index (κ1) is 13.6. The van der Waals surface area contributed by atoms with E-state index in [1.54, 1.807) is 6.25 Å². The van der Waals surface area contributed by atoms with Gasteiger partial charge in [0.2, 0.25) is 0 Å². The third-order valence-electron chi connectivity index (χ3n) is 1.93. The maximum atomic E-state index is 8.36. The first-order chi connectivity index (χ1) is 8.18. The second-order valence-corrected chi connectivity index (χ2v) is 9.51. The van der Waals surface area contributed by atoms with Gasteiger partial charge in [-0.25, -0.2) is 0 Å². The molecule has 0 fully saturated rings. The SMILES string of the molecule is O=[N+]([O-])O.c1cc[c]([Tl][c]2ccccc2)cc1. The molecule has 0 atom stereocenters. The zero-order valence-corrected chi connectivity index (χ0v) is 13.6. The molecular weight excluding hydrogens is 411 g/mol. The van der Waals surface area contributed by atoms with Gasteiger partial charge in [-0.05, 0) is 0 Å². The molecule has 0 heterocycles. The van der Waals surface area contributed by atoms with Crippen molar-refractivity contribution in [2.45, 2.75) is 0 Å². The summed E-state index contributed by atoms with van der Waals surface area (Å²) < 4.78 is 3.16. The van der Waals surface area contributed by atoms with Crippen LogP contribution in [-0.4, -0.2) is 34.5 Å². The van der Waals surface area contributed by atoms with Crippen molar-refractivity contribution in [2.75, 3.05) is 0 Å². The Bertz CT molecular complexity index is 406. The van der Waals surface area contributed by atoms with Crippen LogP contribution in [0.1, 0.15) is 0 Å². The van der Waals surface area contributed by atoms with Crippen LogP contribution in [0.4, 0.5) is 0 Å². The van der Waals surface area contributed by atoms with E-state index in [2.05, 4.69) is 60.7 Å². The van der Waals surface area contributed by atoms with Crippen LogP contribution in [0.25, 0.3) is 0 Å². The average Bonchev–Trinajstić information content (AvgIpc) is 2.31. The van der Waals surface area contributed by atoms with Gasteiger partial charge < -0.3 is 5.21 Å². The van der Waals surface area contributed by atoms with Crippen molar-refractivity contribution in [3.8, 4) is 0 Å². The first-order valence-electron chi connectivity index (χ1n) is 4.96.